The quantitative estimate of drug-likeness (QED) is 0.385. The lowest BCUT2D eigenvalue weighted by Gasteiger charge is -2.10. The number of pyridine rings is 1. The molecule has 4 aromatic rings. The molecule has 0 bridgehead atoms. The Morgan fingerprint density at radius 2 is 1.80 bits per heavy atom. The van der Waals surface area contributed by atoms with Crippen LogP contribution in [0.25, 0.3) is 5.65 Å². The first-order chi connectivity index (χ1) is 17.0. The maximum absolute atomic E-state index is 12.7. The second-order valence-electron chi connectivity index (χ2n) is 8.39. The average Bonchev–Trinajstić information content (AvgIpc) is 2.93. The summed E-state index contributed by atoms with van der Waals surface area (Å²) in [5, 5.41) is 2.80. The molecule has 0 aliphatic rings. The molecular formula is C27H28N6O2. The Labute approximate surface area is 203 Å². The summed E-state index contributed by atoms with van der Waals surface area (Å²) in [6.45, 7) is 2.13. The number of H-pyrrole nitrogens is 1. The van der Waals surface area contributed by atoms with Gasteiger partial charge in [0.2, 0.25) is 0 Å². The fraction of sp³-hybridized carbons (Fsp3) is 0.185. The summed E-state index contributed by atoms with van der Waals surface area (Å²) in [7, 11) is 0. The van der Waals surface area contributed by atoms with Gasteiger partial charge in [0.25, 0.3) is 11.5 Å². The van der Waals surface area contributed by atoms with Gasteiger partial charge >= 0.3 is 0 Å². The van der Waals surface area contributed by atoms with Gasteiger partial charge < -0.3 is 16.0 Å². The van der Waals surface area contributed by atoms with Crippen LogP contribution >= 0.6 is 0 Å². The first-order valence-electron chi connectivity index (χ1n) is 11.4. The van der Waals surface area contributed by atoms with E-state index in [2.05, 4.69) is 32.4 Å². The molecule has 0 fully saturated rings. The zero-order valence-corrected chi connectivity index (χ0v) is 19.5. The van der Waals surface area contributed by atoms with E-state index < -0.39 is 5.91 Å². The van der Waals surface area contributed by atoms with Crippen LogP contribution in [0.2, 0.25) is 0 Å². The fourth-order valence-corrected chi connectivity index (χ4v) is 3.76. The van der Waals surface area contributed by atoms with Gasteiger partial charge in [-0.05, 0) is 49.1 Å². The second kappa shape index (κ2) is 11.2. The van der Waals surface area contributed by atoms with E-state index in [1.807, 2.05) is 37.3 Å². The zero-order chi connectivity index (χ0) is 24.6. The number of nitrogens with two attached hydrogens (primary N) is 1. The number of nitrogens with one attached hydrogen (secondary N) is 2. The summed E-state index contributed by atoms with van der Waals surface area (Å²) in [6, 6.07) is 20.5. The predicted molar refractivity (Wildman–Crippen MR) is 135 cm³/mol. The molecule has 8 heteroatoms. The van der Waals surface area contributed by atoms with E-state index in [9.17, 15) is 9.59 Å². The summed E-state index contributed by atoms with van der Waals surface area (Å²) in [5.41, 5.74) is 10.4. The van der Waals surface area contributed by atoms with Crippen molar-refractivity contribution in [3.8, 4) is 0 Å². The van der Waals surface area contributed by atoms with Gasteiger partial charge in [-0.1, -0.05) is 42.5 Å². The highest BCUT2D eigenvalue weighted by Crippen LogP contribution is 2.07. The van der Waals surface area contributed by atoms with Crippen LogP contribution in [0.15, 0.2) is 90.1 Å². The Bertz CT molecular complexity index is 1430. The van der Waals surface area contributed by atoms with Gasteiger partial charge in [-0.3, -0.25) is 19.0 Å². The number of aromatic nitrogens is 4. The van der Waals surface area contributed by atoms with E-state index in [1.54, 1.807) is 36.8 Å². The lowest BCUT2D eigenvalue weighted by molar-refractivity contribution is 0.0945. The molecule has 0 saturated carbocycles. The van der Waals surface area contributed by atoms with Crippen molar-refractivity contribution >= 4 is 11.6 Å². The smallest absolute Gasteiger partial charge is 0.270 e. The third-order valence-electron chi connectivity index (χ3n) is 5.46. The van der Waals surface area contributed by atoms with Crippen molar-refractivity contribution in [3.05, 3.63) is 124 Å². The third-order valence-corrected chi connectivity index (χ3v) is 5.46. The fourth-order valence-electron chi connectivity index (χ4n) is 3.76. The van der Waals surface area contributed by atoms with Gasteiger partial charge in [-0.15, -0.1) is 0 Å². The van der Waals surface area contributed by atoms with E-state index in [0.717, 1.165) is 17.7 Å². The minimum atomic E-state index is -0.438. The summed E-state index contributed by atoms with van der Waals surface area (Å²) < 4.78 is 1.39. The summed E-state index contributed by atoms with van der Waals surface area (Å²) in [6.07, 6.45) is 6.54. The summed E-state index contributed by atoms with van der Waals surface area (Å²) >= 11 is 0. The topological polar surface area (TPSA) is 118 Å². The number of aromatic amines is 1. The molecule has 0 radical (unpaired) electrons. The SMILES string of the molecule is Cc1ccc(CC(N)Cc2ccccc2)cncc(CNC(=O)c2cc(=O)n3ccccc3n2)[nH]1. The predicted octanol–water partition coefficient (Wildman–Crippen LogP) is 2.89. The standard InChI is InChI=1S/C27H28N6O2/c1-19-10-11-21(14-22(28)13-20-7-3-2-4-8-20)16-29-17-23(31-19)18-30-27(35)24-15-26(34)33-12-6-5-9-25(33)32-24/h2-12,15-17,22,31H,13-14,18,28H2,1H3,(H,30,35). The van der Waals surface area contributed by atoms with Crippen LogP contribution in [0.4, 0.5) is 0 Å². The van der Waals surface area contributed by atoms with Crippen LogP contribution in [0.1, 0.15) is 33.0 Å². The molecule has 3 aromatic heterocycles. The van der Waals surface area contributed by atoms with Crippen molar-refractivity contribution in [2.24, 2.45) is 5.73 Å². The van der Waals surface area contributed by atoms with Gasteiger partial charge in [0, 0.05) is 36.4 Å². The molecule has 1 atom stereocenters. The van der Waals surface area contributed by atoms with E-state index in [4.69, 9.17) is 5.73 Å². The number of hydrogen-bond acceptors (Lipinski definition) is 5. The van der Waals surface area contributed by atoms with E-state index in [0.29, 0.717) is 17.8 Å². The number of nitrogens with zero attached hydrogens (tertiary/aromatic N) is 3. The Morgan fingerprint density at radius 1 is 1.03 bits per heavy atom. The maximum atomic E-state index is 12.7. The molecule has 3 heterocycles. The number of rotatable bonds is 7. The molecule has 178 valence electrons. The van der Waals surface area contributed by atoms with Crippen molar-refractivity contribution in [2.45, 2.75) is 32.4 Å². The Morgan fingerprint density at radius 3 is 2.63 bits per heavy atom. The van der Waals surface area contributed by atoms with E-state index in [-0.39, 0.29) is 23.8 Å². The molecule has 0 aliphatic carbocycles. The van der Waals surface area contributed by atoms with Crippen molar-refractivity contribution in [3.63, 3.8) is 0 Å². The lowest BCUT2D eigenvalue weighted by Crippen LogP contribution is -2.27. The number of hydrogen-bond donors (Lipinski definition) is 3. The molecule has 8 nitrogen and oxygen atoms in total. The number of amides is 1. The second-order valence-corrected chi connectivity index (χ2v) is 8.39. The largest absolute Gasteiger partial charge is 0.360 e. The normalized spacial score (nSPS) is 11.6. The molecule has 35 heavy (non-hydrogen) atoms. The molecule has 1 amide bonds. The van der Waals surface area contributed by atoms with Crippen LogP contribution < -0.4 is 16.6 Å². The highest BCUT2D eigenvalue weighted by molar-refractivity contribution is 5.92. The molecular weight excluding hydrogens is 440 g/mol. The van der Waals surface area contributed by atoms with Crippen LogP contribution in [0.3, 0.4) is 0 Å². The Balaban J connectivity index is 1.45. The number of benzene rings is 1. The van der Waals surface area contributed by atoms with Crippen LogP contribution in [0, 0.1) is 6.92 Å². The molecule has 0 saturated heterocycles. The van der Waals surface area contributed by atoms with Gasteiger partial charge in [-0.25, -0.2) is 4.98 Å². The van der Waals surface area contributed by atoms with Gasteiger partial charge in [-0.2, -0.15) is 0 Å². The van der Waals surface area contributed by atoms with Crippen molar-refractivity contribution in [1.29, 1.82) is 0 Å². The van der Waals surface area contributed by atoms with E-state index in [1.165, 1.54) is 16.0 Å². The summed E-state index contributed by atoms with van der Waals surface area (Å²) in [4.78, 5) is 36.9. The average molecular weight is 469 g/mol. The highest BCUT2D eigenvalue weighted by Gasteiger charge is 2.10. The van der Waals surface area contributed by atoms with E-state index >= 15 is 0 Å². The minimum absolute atomic E-state index is 0.0289. The number of carbonyl (C=O) groups is 1. The van der Waals surface area contributed by atoms with Crippen LogP contribution in [-0.2, 0) is 19.4 Å². The zero-order valence-electron chi connectivity index (χ0n) is 19.5. The monoisotopic (exact) mass is 468 g/mol. The first kappa shape index (κ1) is 23.8. The van der Waals surface area contributed by atoms with Crippen LogP contribution in [0.5, 0.6) is 0 Å². The van der Waals surface area contributed by atoms with Crippen molar-refractivity contribution < 1.29 is 4.79 Å². The Hall–Kier alpha value is -4.30. The Kier molecular flexibility index (Phi) is 7.64. The number of fused-ring (bicyclic) bond motifs is 1. The van der Waals surface area contributed by atoms with Gasteiger partial charge in [0.05, 0.1) is 12.2 Å². The lowest BCUT2D eigenvalue weighted by atomic mass is 10.0. The third kappa shape index (κ3) is 6.61. The summed E-state index contributed by atoms with van der Waals surface area (Å²) in [5.74, 6) is -0.438. The van der Waals surface area contributed by atoms with Crippen molar-refractivity contribution in [1.82, 2.24) is 24.7 Å². The molecule has 0 spiro atoms. The highest BCUT2D eigenvalue weighted by atomic mass is 16.2. The van der Waals surface area contributed by atoms with Gasteiger partial charge in [0.15, 0.2) is 0 Å². The molecule has 0 aliphatic heterocycles. The van der Waals surface area contributed by atoms with Crippen LogP contribution in [-0.4, -0.2) is 31.3 Å². The van der Waals surface area contributed by atoms with Crippen molar-refractivity contribution in [2.75, 3.05) is 0 Å². The van der Waals surface area contributed by atoms with Gasteiger partial charge in [0.1, 0.15) is 11.3 Å². The first-order valence-corrected chi connectivity index (χ1v) is 11.4. The maximum Gasteiger partial charge on any atom is 0.270 e. The molecule has 4 rings (SSSR count). The molecule has 1 aromatic carbocycles. The number of carbonyl (C=O) groups excluding carboxylic acids is 1. The minimum Gasteiger partial charge on any atom is -0.360 e. The molecule has 1 unspecified atom stereocenters. The number of aryl methyl sites for hydroxylation is 1. The molecule has 4 N–H and O–H groups in total.